The smallest absolute Gasteiger partial charge is 0.228 e. The predicted molar refractivity (Wildman–Crippen MR) is 69.0 cm³/mol. The molecular formula is C14H16N2O. The Morgan fingerprint density at radius 2 is 2.12 bits per heavy atom. The third-order valence-corrected chi connectivity index (χ3v) is 2.68. The number of anilines is 1. The lowest BCUT2D eigenvalue weighted by atomic mass is 10.1. The van der Waals surface area contributed by atoms with Crippen LogP contribution in [0.2, 0.25) is 0 Å². The van der Waals surface area contributed by atoms with Crippen LogP contribution in [0, 0.1) is 13.8 Å². The molecular weight excluding hydrogens is 212 g/mol. The zero-order valence-electron chi connectivity index (χ0n) is 10.1. The van der Waals surface area contributed by atoms with Crippen LogP contribution in [0.3, 0.4) is 0 Å². The molecule has 88 valence electrons. The van der Waals surface area contributed by atoms with E-state index in [-0.39, 0.29) is 5.91 Å². The molecule has 3 heteroatoms. The van der Waals surface area contributed by atoms with Crippen molar-refractivity contribution in [1.29, 1.82) is 0 Å². The number of carbonyl (C=O) groups is 1. The van der Waals surface area contributed by atoms with Crippen molar-refractivity contribution >= 4 is 11.6 Å². The molecule has 1 heterocycles. The molecule has 0 bridgehead atoms. The number of aromatic nitrogens is 1. The minimum Gasteiger partial charge on any atom is -0.367 e. The highest BCUT2D eigenvalue weighted by Crippen LogP contribution is 2.16. The predicted octanol–water partition coefficient (Wildman–Crippen LogP) is 2.81. The quantitative estimate of drug-likeness (QED) is 0.833. The van der Waals surface area contributed by atoms with E-state index in [1.807, 2.05) is 44.4 Å². The van der Waals surface area contributed by atoms with E-state index in [4.69, 9.17) is 0 Å². The number of hydrogen-bond donors (Lipinski definition) is 2. The highest BCUT2D eigenvalue weighted by atomic mass is 16.1. The molecule has 0 spiro atoms. The Balaban J connectivity index is 2.03. The average Bonchev–Trinajstić information content (AvgIpc) is 2.75. The maximum atomic E-state index is 11.8. The number of carbonyl (C=O) groups excluding carboxylic acids is 1. The van der Waals surface area contributed by atoms with Gasteiger partial charge in [-0.3, -0.25) is 4.79 Å². The van der Waals surface area contributed by atoms with Crippen molar-refractivity contribution in [3.63, 3.8) is 0 Å². The van der Waals surface area contributed by atoms with Crippen molar-refractivity contribution in [2.75, 3.05) is 5.32 Å². The molecule has 0 radical (unpaired) electrons. The van der Waals surface area contributed by atoms with Gasteiger partial charge < -0.3 is 10.3 Å². The van der Waals surface area contributed by atoms with Crippen LogP contribution in [0.5, 0.6) is 0 Å². The summed E-state index contributed by atoms with van der Waals surface area (Å²) in [5.41, 5.74) is 4.17. The summed E-state index contributed by atoms with van der Waals surface area (Å²) in [6, 6.07) is 7.91. The number of amides is 1. The molecule has 0 atom stereocenters. The van der Waals surface area contributed by atoms with Gasteiger partial charge in [-0.15, -0.1) is 0 Å². The van der Waals surface area contributed by atoms with E-state index in [1.54, 1.807) is 0 Å². The van der Waals surface area contributed by atoms with Crippen LogP contribution < -0.4 is 5.32 Å². The van der Waals surface area contributed by atoms with Crippen LogP contribution in [-0.2, 0) is 11.2 Å². The monoisotopic (exact) mass is 228 g/mol. The first kappa shape index (κ1) is 11.5. The fraction of sp³-hybridized carbons (Fsp3) is 0.214. The molecule has 0 unspecified atom stereocenters. The maximum absolute atomic E-state index is 11.8. The summed E-state index contributed by atoms with van der Waals surface area (Å²) in [5, 5.41) is 2.92. The van der Waals surface area contributed by atoms with E-state index in [2.05, 4.69) is 16.4 Å². The van der Waals surface area contributed by atoms with Gasteiger partial charge in [0.25, 0.3) is 0 Å². The highest BCUT2D eigenvalue weighted by Gasteiger charge is 2.06. The fourth-order valence-corrected chi connectivity index (χ4v) is 1.80. The van der Waals surface area contributed by atoms with Crippen LogP contribution in [-0.4, -0.2) is 10.9 Å². The van der Waals surface area contributed by atoms with Gasteiger partial charge in [0.15, 0.2) is 0 Å². The normalized spacial score (nSPS) is 10.2. The van der Waals surface area contributed by atoms with E-state index >= 15 is 0 Å². The molecule has 0 aliphatic rings. The van der Waals surface area contributed by atoms with Gasteiger partial charge in [0, 0.05) is 18.1 Å². The Bertz CT molecular complexity index is 515. The molecule has 1 aromatic heterocycles. The zero-order chi connectivity index (χ0) is 12.3. The lowest BCUT2D eigenvalue weighted by molar-refractivity contribution is -0.115. The molecule has 0 aliphatic carbocycles. The van der Waals surface area contributed by atoms with Crippen LogP contribution >= 0.6 is 0 Å². The van der Waals surface area contributed by atoms with Gasteiger partial charge in [-0.1, -0.05) is 17.7 Å². The van der Waals surface area contributed by atoms with Crippen molar-refractivity contribution in [2.45, 2.75) is 20.3 Å². The first-order valence-electron chi connectivity index (χ1n) is 5.64. The lowest BCUT2D eigenvalue weighted by Crippen LogP contribution is -2.14. The summed E-state index contributed by atoms with van der Waals surface area (Å²) in [7, 11) is 0. The second-order valence-electron chi connectivity index (χ2n) is 4.26. The Hall–Kier alpha value is -2.03. The van der Waals surface area contributed by atoms with E-state index < -0.39 is 0 Å². The molecule has 2 aromatic rings. The number of aromatic amines is 1. The molecule has 0 aliphatic heterocycles. The summed E-state index contributed by atoms with van der Waals surface area (Å²) >= 11 is 0. The van der Waals surface area contributed by atoms with Gasteiger partial charge in [0.05, 0.1) is 6.42 Å². The number of hydrogen-bond acceptors (Lipinski definition) is 1. The summed E-state index contributed by atoms with van der Waals surface area (Å²) in [5.74, 6) is 0.0107. The maximum Gasteiger partial charge on any atom is 0.228 e. The van der Waals surface area contributed by atoms with Gasteiger partial charge in [0.2, 0.25) is 5.91 Å². The minimum atomic E-state index is 0.0107. The molecule has 2 N–H and O–H groups in total. The van der Waals surface area contributed by atoms with Crippen LogP contribution in [0.1, 0.15) is 16.7 Å². The third-order valence-electron chi connectivity index (χ3n) is 2.68. The van der Waals surface area contributed by atoms with Gasteiger partial charge in [-0.05, 0) is 37.1 Å². The molecule has 0 fully saturated rings. The number of aryl methyl sites for hydroxylation is 2. The average molecular weight is 228 g/mol. The molecule has 2 rings (SSSR count). The van der Waals surface area contributed by atoms with Crippen LogP contribution in [0.4, 0.5) is 5.69 Å². The Morgan fingerprint density at radius 1 is 1.29 bits per heavy atom. The van der Waals surface area contributed by atoms with E-state index in [0.29, 0.717) is 6.42 Å². The fourth-order valence-electron chi connectivity index (χ4n) is 1.80. The first-order valence-corrected chi connectivity index (χ1v) is 5.64. The van der Waals surface area contributed by atoms with E-state index in [0.717, 1.165) is 16.8 Å². The largest absolute Gasteiger partial charge is 0.367 e. The van der Waals surface area contributed by atoms with Crippen molar-refractivity contribution in [2.24, 2.45) is 0 Å². The van der Waals surface area contributed by atoms with Crippen LogP contribution in [0.25, 0.3) is 0 Å². The SMILES string of the molecule is Cc1ccc(NC(=O)Cc2cc[nH]c2)c(C)c1. The number of rotatable bonds is 3. The molecule has 0 saturated carbocycles. The second kappa shape index (κ2) is 4.87. The van der Waals surface area contributed by atoms with Gasteiger partial charge in [0.1, 0.15) is 0 Å². The lowest BCUT2D eigenvalue weighted by Gasteiger charge is -2.08. The molecule has 3 nitrogen and oxygen atoms in total. The van der Waals surface area contributed by atoms with Gasteiger partial charge in [-0.2, -0.15) is 0 Å². The van der Waals surface area contributed by atoms with Crippen molar-refractivity contribution < 1.29 is 4.79 Å². The van der Waals surface area contributed by atoms with E-state index in [1.165, 1.54) is 5.56 Å². The molecule has 1 amide bonds. The molecule has 17 heavy (non-hydrogen) atoms. The Morgan fingerprint density at radius 3 is 2.76 bits per heavy atom. The number of nitrogens with one attached hydrogen (secondary N) is 2. The topological polar surface area (TPSA) is 44.9 Å². The Kier molecular flexibility index (Phi) is 3.28. The number of benzene rings is 1. The minimum absolute atomic E-state index is 0.0107. The summed E-state index contributed by atoms with van der Waals surface area (Å²) < 4.78 is 0. The van der Waals surface area contributed by atoms with Gasteiger partial charge in [-0.25, -0.2) is 0 Å². The second-order valence-corrected chi connectivity index (χ2v) is 4.26. The standard InChI is InChI=1S/C14H16N2O/c1-10-3-4-13(11(2)7-10)16-14(17)8-12-5-6-15-9-12/h3-7,9,15H,8H2,1-2H3,(H,16,17). The zero-order valence-corrected chi connectivity index (χ0v) is 10.1. The summed E-state index contributed by atoms with van der Waals surface area (Å²) in [6.07, 6.45) is 4.05. The summed E-state index contributed by atoms with van der Waals surface area (Å²) in [6.45, 7) is 4.04. The molecule has 0 saturated heterocycles. The molecule has 1 aromatic carbocycles. The Labute approximate surface area is 101 Å². The van der Waals surface area contributed by atoms with Gasteiger partial charge >= 0.3 is 0 Å². The van der Waals surface area contributed by atoms with Crippen molar-refractivity contribution in [1.82, 2.24) is 4.98 Å². The first-order chi connectivity index (χ1) is 8.15. The van der Waals surface area contributed by atoms with Crippen LogP contribution in [0.15, 0.2) is 36.7 Å². The van der Waals surface area contributed by atoms with E-state index in [9.17, 15) is 4.79 Å². The van der Waals surface area contributed by atoms with Crippen molar-refractivity contribution in [3.05, 3.63) is 53.3 Å². The number of H-pyrrole nitrogens is 1. The third kappa shape index (κ3) is 2.97. The highest BCUT2D eigenvalue weighted by molar-refractivity contribution is 5.92. The van der Waals surface area contributed by atoms with Crippen molar-refractivity contribution in [3.8, 4) is 0 Å². The summed E-state index contributed by atoms with van der Waals surface area (Å²) in [4.78, 5) is 14.7.